The maximum atomic E-state index is 14.5. The first-order chi connectivity index (χ1) is 16.3. The molecule has 1 saturated heterocycles. The normalized spacial score (nSPS) is 21.8. The maximum absolute atomic E-state index is 14.5. The average molecular weight is 477 g/mol. The van der Waals surface area contributed by atoms with Crippen LogP contribution in [0.25, 0.3) is 0 Å². The molecule has 0 bridgehead atoms. The van der Waals surface area contributed by atoms with Crippen molar-refractivity contribution in [2.75, 3.05) is 17.7 Å². The van der Waals surface area contributed by atoms with Gasteiger partial charge < -0.3 is 25.6 Å². The molecule has 3 rings (SSSR count). The van der Waals surface area contributed by atoms with E-state index in [1.807, 2.05) is 30.3 Å². The Morgan fingerprint density at radius 2 is 1.85 bits per heavy atom. The first-order valence-corrected chi connectivity index (χ1v) is 11.2. The number of aliphatic hydroxyl groups is 1. The third-order valence-electron chi connectivity index (χ3n) is 5.42. The number of alkyl halides is 1. The molecule has 1 fully saturated rings. The van der Waals surface area contributed by atoms with Gasteiger partial charge in [0.05, 0.1) is 0 Å². The molecule has 0 radical (unpaired) electrons. The molecule has 2 aromatic rings. The number of halogens is 1. The molecule has 10 nitrogen and oxygen atoms in total. The van der Waals surface area contributed by atoms with Crippen molar-refractivity contribution in [3.05, 3.63) is 53.1 Å². The Kier molecular flexibility index (Phi) is 9.11. The molecule has 1 aliphatic rings. The summed E-state index contributed by atoms with van der Waals surface area (Å²) in [5.74, 6) is -0.568. The van der Waals surface area contributed by atoms with E-state index in [1.165, 1.54) is 12.3 Å². The van der Waals surface area contributed by atoms with Crippen molar-refractivity contribution >= 4 is 23.4 Å². The van der Waals surface area contributed by atoms with Gasteiger partial charge in [0.1, 0.15) is 24.6 Å². The number of aliphatic hydroxyl groups excluding tert-OH is 1. The fourth-order valence-electron chi connectivity index (χ4n) is 3.59. The van der Waals surface area contributed by atoms with E-state index in [9.17, 15) is 23.9 Å². The number of hydrogen-bond acceptors (Lipinski definition) is 8. The number of nitrogens with zero attached hydrogens (tertiary/aromatic N) is 2. The van der Waals surface area contributed by atoms with E-state index in [-0.39, 0.29) is 24.8 Å². The predicted molar refractivity (Wildman–Crippen MR) is 121 cm³/mol. The Morgan fingerprint density at radius 3 is 2.56 bits per heavy atom. The Labute approximate surface area is 195 Å². The smallest absolute Gasteiger partial charge is 0.351 e. The lowest BCUT2D eigenvalue weighted by molar-refractivity contribution is -0.150. The number of unbranched alkanes of at least 4 members (excludes halogenated alkanes) is 3. The van der Waals surface area contributed by atoms with E-state index in [2.05, 4.69) is 10.3 Å². The summed E-state index contributed by atoms with van der Waals surface area (Å²) in [4.78, 5) is 39.3. The molecule has 1 unspecified atom stereocenters. The predicted octanol–water partition coefficient (Wildman–Crippen LogP) is 1.94. The number of amides is 1. The molecular formula is C23H29FN4O6. The van der Waals surface area contributed by atoms with E-state index in [4.69, 9.17) is 15.2 Å². The highest BCUT2D eigenvalue weighted by Crippen LogP contribution is 2.31. The molecule has 1 aromatic carbocycles. The highest BCUT2D eigenvalue weighted by atomic mass is 19.1. The number of anilines is 2. The van der Waals surface area contributed by atoms with Crippen LogP contribution in [-0.4, -0.2) is 51.5 Å². The van der Waals surface area contributed by atoms with Gasteiger partial charge in [0, 0.05) is 24.7 Å². The van der Waals surface area contributed by atoms with Crippen LogP contribution >= 0.6 is 0 Å². The van der Waals surface area contributed by atoms with Gasteiger partial charge in [-0.25, -0.2) is 9.18 Å². The summed E-state index contributed by atoms with van der Waals surface area (Å²) in [6.45, 7) is -0.340. The Morgan fingerprint density at radius 1 is 1.15 bits per heavy atom. The number of ether oxygens (including phenoxy) is 2. The van der Waals surface area contributed by atoms with E-state index < -0.39 is 36.3 Å². The summed E-state index contributed by atoms with van der Waals surface area (Å²) in [5, 5.41) is 12.9. The van der Waals surface area contributed by atoms with E-state index in [0.29, 0.717) is 19.3 Å². The summed E-state index contributed by atoms with van der Waals surface area (Å²) in [7, 11) is 0. The zero-order valence-electron chi connectivity index (χ0n) is 18.6. The number of carbonyl (C=O) groups excluding carboxylic acids is 2. The van der Waals surface area contributed by atoms with Gasteiger partial charge in [-0.3, -0.25) is 14.2 Å². The molecule has 2 heterocycles. The number of para-hydroxylation sites is 1. The van der Waals surface area contributed by atoms with Crippen LogP contribution in [0.5, 0.6) is 0 Å². The Bertz CT molecular complexity index is 1020. The number of esters is 1. The summed E-state index contributed by atoms with van der Waals surface area (Å²) >= 11 is 0. The highest BCUT2D eigenvalue weighted by molar-refractivity contribution is 5.90. The van der Waals surface area contributed by atoms with Gasteiger partial charge in [-0.15, -0.1) is 0 Å². The summed E-state index contributed by atoms with van der Waals surface area (Å²) < 4.78 is 25.9. The fraction of sp³-hybridized carbons (Fsp3) is 0.478. The largest absolute Gasteiger partial charge is 0.463 e. The molecule has 0 spiro atoms. The van der Waals surface area contributed by atoms with Gasteiger partial charge in [-0.1, -0.05) is 31.0 Å². The average Bonchev–Trinajstić information content (AvgIpc) is 3.09. The van der Waals surface area contributed by atoms with E-state index in [0.717, 1.165) is 23.1 Å². The summed E-state index contributed by atoms with van der Waals surface area (Å²) in [6.07, 6.45) is -1.37. The quantitative estimate of drug-likeness (QED) is 0.329. The fourth-order valence-corrected chi connectivity index (χ4v) is 3.59. The summed E-state index contributed by atoms with van der Waals surface area (Å²) in [6, 6.07) is 10.5. The van der Waals surface area contributed by atoms with Gasteiger partial charge >= 0.3 is 11.7 Å². The van der Waals surface area contributed by atoms with Gasteiger partial charge in [0.25, 0.3) is 0 Å². The van der Waals surface area contributed by atoms with Crippen molar-refractivity contribution in [1.82, 2.24) is 9.55 Å². The lowest BCUT2D eigenvalue weighted by Crippen LogP contribution is -2.34. The number of benzene rings is 1. The zero-order chi connectivity index (χ0) is 24.5. The van der Waals surface area contributed by atoms with Gasteiger partial charge in [-0.05, 0) is 31.0 Å². The number of nitrogens with two attached hydrogens (primary N) is 1. The summed E-state index contributed by atoms with van der Waals surface area (Å²) in [5.41, 5.74) is 5.37. The Balaban J connectivity index is 1.30. The van der Waals surface area contributed by atoms with E-state index >= 15 is 0 Å². The van der Waals surface area contributed by atoms with Crippen LogP contribution in [0.4, 0.5) is 15.9 Å². The van der Waals surface area contributed by atoms with Gasteiger partial charge in [-0.2, -0.15) is 4.98 Å². The molecule has 1 aromatic heterocycles. The van der Waals surface area contributed by atoms with Crippen LogP contribution in [-0.2, 0) is 19.1 Å². The van der Waals surface area contributed by atoms with Crippen LogP contribution in [0.1, 0.15) is 44.8 Å². The molecule has 184 valence electrons. The van der Waals surface area contributed by atoms with Crippen LogP contribution in [0.3, 0.4) is 0 Å². The minimum Gasteiger partial charge on any atom is -0.463 e. The van der Waals surface area contributed by atoms with Crippen molar-refractivity contribution in [2.45, 2.75) is 63.1 Å². The number of carbonyl (C=O) groups is 2. The topological polar surface area (TPSA) is 146 Å². The lowest BCUT2D eigenvalue weighted by atomic mass is 10.1. The van der Waals surface area contributed by atoms with Crippen LogP contribution in [0, 0.1) is 0 Å². The Hall–Kier alpha value is -3.31. The van der Waals surface area contributed by atoms with Crippen LogP contribution in [0.2, 0.25) is 0 Å². The zero-order valence-corrected chi connectivity index (χ0v) is 18.6. The van der Waals surface area contributed by atoms with Crippen molar-refractivity contribution in [1.29, 1.82) is 0 Å². The monoisotopic (exact) mass is 476 g/mol. The van der Waals surface area contributed by atoms with E-state index in [1.54, 1.807) is 0 Å². The van der Waals surface area contributed by atoms with Gasteiger partial charge in [0.15, 0.2) is 12.4 Å². The number of rotatable bonds is 11. The van der Waals surface area contributed by atoms with Crippen molar-refractivity contribution < 1.29 is 28.6 Å². The molecule has 34 heavy (non-hydrogen) atoms. The second-order valence-corrected chi connectivity index (χ2v) is 8.05. The number of nitrogen functional groups attached to an aromatic ring is 1. The molecule has 0 aliphatic carbocycles. The van der Waals surface area contributed by atoms with Gasteiger partial charge in [0.2, 0.25) is 5.91 Å². The molecule has 11 heteroatoms. The highest BCUT2D eigenvalue weighted by Gasteiger charge is 2.46. The molecular weight excluding hydrogens is 447 g/mol. The molecule has 1 aliphatic heterocycles. The first-order valence-electron chi connectivity index (χ1n) is 11.2. The molecule has 4 atom stereocenters. The van der Waals surface area contributed by atoms with Crippen molar-refractivity contribution in [3.8, 4) is 0 Å². The van der Waals surface area contributed by atoms with Crippen LogP contribution < -0.4 is 16.7 Å². The third-order valence-corrected chi connectivity index (χ3v) is 5.42. The standard InChI is InChI=1S/C23H29FN4O6/c24-20-21(31)16(34-22(20)28-13-12-17(25)27-23(28)32)14-33-19(30)11-7-2-1-6-10-18(29)26-15-8-4-3-5-9-15/h3-5,8-9,12-13,16,20-22,31H,1-2,6-7,10-11,14H2,(H,26,29)(H2,25,27,32)/t16-,20?,21-,22-/m1/s1. The SMILES string of the molecule is Nc1ccn([C@@H]2O[C@H](COC(=O)CCCCCCC(=O)Nc3ccccc3)[C@@H](O)C2F)c(=O)n1. The van der Waals surface area contributed by atoms with Crippen molar-refractivity contribution in [2.24, 2.45) is 0 Å². The van der Waals surface area contributed by atoms with Crippen LogP contribution in [0.15, 0.2) is 47.4 Å². The minimum atomic E-state index is -1.90. The minimum absolute atomic E-state index is 0.0175. The second-order valence-electron chi connectivity index (χ2n) is 8.05. The maximum Gasteiger partial charge on any atom is 0.351 e. The number of aromatic nitrogens is 2. The lowest BCUT2D eigenvalue weighted by Gasteiger charge is -2.16. The van der Waals surface area contributed by atoms with Crippen molar-refractivity contribution in [3.63, 3.8) is 0 Å². The second kappa shape index (κ2) is 12.2. The number of hydrogen-bond donors (Lipinski definition) is 3. The first kappa shape index (κ1) is 25.3. The molecule has 4 N–H and O–H groups in total. The third kappa shape index (κ3) is 7.09. The number of nitrogens with one attached hydrogen (secondary N) is 1. The molecule has 1 amide bonds. The molecule has 0 saturated carbocycles.